The van der Waals surface area contributed by atoms with E-state index in [9.17, 15) is 9.59 Å². The van der Waals surface area contributed by atoms with Crippen LogP contribution in [0.4, 0.5) is 5.69 Å². The molecular formula is C31H31N3O4. The van der Waals surface area contributed by atoms with E-state index in [1.165, 1.54) is 0 Å². The highest BCUT2D eigenvalue weighted by molar-refractivity contribution is 5.98. The van der Waals surface area contributed by atoms with Crippen LogP contribution < -0.4 is 25.0 Å². The summed E-state index contributed by atoms with van der Waals surface area (Å²) < 4.78 is 11.4. The summed E-state index contributed by atoms with van der Waals surface area (Å²) in [5.41, 5.74) is 2.39. The van der Waals surface area contributed by atoms with Crippen LogP contribution in [0, 0.1) is 0 Å². The smallest absolute Gasteiger partial charge is 0.251 e. The largest absolute Gasteiger partial charge is 0.497 e. The molecule has 2 amide bonds. The lowest BCUT2D eigenvalue weighted by Gasteiger charge is -2.36. The van der Waals surface area contributed by atoms with Crippen molar-refractivity contribution < 1.29 is 19.1 Å². The maximum Gasteiger partial charge on any atom is 0.251 e. The number of nitrogens with zero attached hydrogens (tertiary/aromatic N) is 1. The second-order valence-corrected chi connectivity index (χ2v) is 9.27. The number of hydrogen-bond acceptors (Lipinski definition) is 5. The van der Waals surface area contributed by atoms with Crippen LogP contribution in [0.5, 0.6) is 11.5 Å². The lowest BCUT2D eigenvalue weighted by atomic mass is 10.1. The molecule has 0 bridgehead atoms. The molecule has 4 aromatic rings. The summed E-state index contributed by atoms with van der Waals surface area (Å²) >= 11 is 0. The predicted octanol–water partition coefficient (Wildman–Crippen LogP) is 4.20. The first-order valence-electron chi connectivity index (χ1n) is 12.8. The first-order valence-corrected chi connectivity index (χ1v) is 12.8. The molecule has 194 valence electrons. The number of methoxy groups -OCH3 is 1. The molecular weight excluding hydrogens is 478 g/mol. The number of rotatable bonds is 9. The van der Waals surface area contributed by atoms with Crippen LogP contribution in [-0.4, -0.2) is 51.2 Å². The number of nitrogens with one attached hydrogen (secondary N) is 2. The van der Waals surface area contributed by atoms with Crippen molar-refractivity contribution in [3.8, 4) is 11.5 Å². The van der Waals surface area contributed by atoms with E-state index in [4.69, 9.17) is 9.47 Å². The van der Waals surface area contributed by atoms with Gasteiger partial charge in [-0.05, 0) is 71.3 Å². The Balaban J connectivity index is 1.20. The van der Waals surface area contributed by atoms with Gasteiger partial charge in [-0.1, -0.05) is 42.5 Å². The van der Waals surface area contributed by atoms with Crippen molar-refractivity contribution in [1.82, 2.24) is 10.6 Å². The zero-order chi connectivity index (χ0) is 26.3. The molecule has 0 spiro atoms. The van der Waals surface area contributed by atoms with Crippen molar-refractivity contribution in [2.75, 3.05) is 38.3 Å². The zero-order valence-corrected chi connectivity index (χ0v) is 21.4. The van der Waals surface area contributed by atoms with Crippen molar-refractivity contribution >= 4 is 28.3 Å². The number of carbonyl (C=O) groups is 2. The molecule has 1 saturated heterocycles. The van der Waals surface area contributed by atoms with Crippen molar-refractivity contribution in [3.05, 3.63) is 102 Å². The Morgan fingerprint density at radius 3 is 2.58 bits per heavy atom. The van der Waals surface area contributed by atoms with E-state index in [-0.39, 0.29) is 24.4 Å². The Labute approximate surface area is 222 Å². The first-order chi connectivity index (χ1) is 18.6. The van der Waals surface area contributed by atoms with E-state index in [2.05, 4.69) is 22.8 Å². The van der Waals surface area contributed by atoms with Crippen LogP contribution in [-0.2, 0) is 11.2 Å². The maximum atomic E-state index is 12.9. The minimum absolute atomic E-state index is 0.0288. The fourth-order valence-electron chi connectivity index (χ4n) is 4.69. The van der Waals surface area contributed by atoms with Crippen LogP contribution in [0.2, 0.25) is 0 Å². The molecule has 5 rings (SSSR count). The number of fused-ring (bicyclic) bond motifs is 1. The predicted molar refractivity (Wildman–Crippen MR) is 149 cm³/mol. The molecule has 7 heteroatoms. The zero-order valence-electron chi connectivity index (χ0n) is 21.4. The van der Waals surface area contributed by atoms with Gasteiger partial charge in [0.25, 0.3) is 5.91 Å². The molecule has 4 aromatic carbocycles. The topological polar surface area (TPSA) is 79.9 Å². The summed E-state index contributed by atoms with van der Waals surface area (Å²) in [4.78, 5) is 27.3. The van der Waals surface area contributed by atoms with Crippen molar-refractivity contribution in [2.24, 2.45) is 0 Å². The Hall–Kier alpha value is -4.36. The van der Waals surface area contributed by atoms with Crippen LogP contribution in [0.25, 0.3) is 10.8 Å². The molecule has 2 N–H and O–H groups in total. The van der Waals surface area contributed by atoms with Gasteiger partial charge in [-0.25, -0.2) is 0 Å². The molecule has 7 nitrogen and oxygen atoms in total. The van der Waals surface area contributed by atoms with Crippen LogP contribution in [0.3, 0.4) is 0 Å². The van der Waals surface area contributed by atoms with Gasteiger partial charge in [0, 0.05) is 24.3 Å². The standard InChI is InChI=1S/C31H31N3O4/c1-37-28-8-4-5-22(17-28)15-16-33-31(36)24-9-12-26(13-10-24)34-27(19-32-20-30(34)35)21-38-29-14-11-23-6-2-3-7-25(23)18-29/h2-14,17-18,27,32H,15-16,19-21H2,1H3,(H,33,36). The lowest BCUT2D eigenvalue weighted by Crippen LogP contribution is -2.57. The summed E-state index contributed by atoms with van der Waals surface area (Å²) in [6.07, 6.45) is 0.704. The van der Waals surface area contributed by atoms with Gasteiger partial charge < -0.3 is 25.0 Å². The molecule has 1 atom stereocenters. The van der Waals surface area contributed by atoms with Gasteiger partial charge in [0.15, 0.2) is 0 Å². The third kappa shape index (κ3) is 5.95. The summed E-state index contributed by atoms with van der Waals surface area (Å²) in [6, 6.07) is 28.9. The van der Waals surface area contributed by atoms with Gasteiger partial charge >= 0.3 is 0 Å². The molecule has 1 heterocycles. The van der Waals surface area contributed by atoms with E-state index < -0.39 is 0 Å². The summed E-state index contributed by atoms with van der Waals surface area (Å²) in [6.45, 7) is 1.74. The minimum Gasteiger partial charge on any atom is -0.497 e. The molecule has 0 saturated carbocycles. The second kappa shape index (κ2) is 11.8. The molecule has 1 aliphatic rings. The van der Waals surface area contributed by atoms with Crippen LogP contribution >= 0.6 is 0 Å². The van der Waals surface area contributed by atoms with Crippen molar-refractivity contribution in [2.45, 2.75) is 12.5 Å². The first kappa shape index (κ1) is 25.3. The molecule has 1 unspecified atom stereocenters. The average molecular weight is 510 g/mol. The van der Waals surface area contributed by atoms with Crippen LogP contribution in [0.1, 0.15) is 15.9 Å². The van der Waals surface area contributed by atoms with E-state index in [1.807, 2.05) is 66.7 Å². The summed E-state index contributed by atoms with van der Waals surface area (Å²) in [7, 11) is 1.64. The van der Waals surface area contributed by atoms with Gasteiger partial charge in [0.05, 0.1) is 19.7 Å². The average Bonchev–Trinajstić information content (AvgIpc) is 2.96. The number of benzene rings is 4. The van der Waals surface area contributed by atoms with Gasteiger partial charge in [0.1, 0.15) is 18.1 Å². The number of carbonyl (C=O) groups excluding carboxylic acids is 2. The Morgan fingerprint density at radius 2 is 1.76 bits per heavy atom. The molecule has 0 radical (unpaired) electrons. The Kier molecular flexibility index (Phi) is 7.85. The summed E-state index contributed by atoms with van der Waals surface area (Å²) in [5, 5.41) is 8.40. The third-order valence-corrected chi connectivity index (χ3v) is 6.69. The normalized spacial score (nSPS) is 15.3. The van der Waals surface area contributed by atoms with E-state index in [0.717, 1.165) is 33.5 Å². The number of anilines is 1. The Morgan fingerprint density at radius 1 is 0.947 bits per heavy atom. The fourth-order valence-corrected chi connectivity index (χ4v) is 4.69. The number of ether oxygens (including phenoxy) is 2. The monoisotopic (exact) mass is 509 g/mol. The summed E-state index contributed by atoms with van der Waals surface area (Å²) in [5.74, 6) is 1.39. The van der Waals surface area contributed by atoms with E-state index in [0.29, 0.717) is 31.7 Å². The van der Waals surface area contributed by atoms with Crippen molar-refractivity contribution in [1.29, 1.82) is 0 Å². The van der Waals surface area contributed by atoms with E-state index >= 15 is 0 Å². The minimum atomic E-state index is -0.176. The molecule has 1 aliphatic heterocycles. The van der Waals surface area contributed by atoms with Crippen molar-refractivity contribution in [3.63, 3.8) is 0 Å². The van der Waals surface area contributed by atoms with Gasteiger partial charge in [0.2, 0.25) is 5.91 Å². The number of piperazine rings is 1. The number of amides is 2. The lowest BCUT2D eigenvalue weighted by molar-refractivity contribution is -0.119. The highest BCUT2D eigenvalue weighted by atomic mass is 16.5. The fraction of sp³-hybridized carbons (Fsp3) is 0.226. The Bertz CT molecular complexity index is 1420. The SMILES string of the molecule is COc1cccc(CCNC(=O)c2ccc(N3C(=O)CNCC3COc3ccc4ccccc4c3)cc2)c1. The molecule has 38 heavy (non-hydrogen) atoms. The molecule has 0 aromatic heterocycles. The van der Waals surface area contributed by atoms with E-state index in [1.54, 1.807) is 24.1 Å². The highest BCUT2D eigenvalue weighted by Gasteiger charge is 2.30. The maximum absolute atomic E-state index is 12.9. The van der Waals surface area contributed by atoms with Crippen LogP contribution in [0.15, 0.2) is 91.0 Å². The number of hydrogen-bond donors (Lipinski definition) is 2. The third-order valence-electron chi connectivity index (χ3n) is 6.69. The molecule has 0 aliphatic carbocycles. The second-order valence-electron chi connectivity index (χ2n) is 9.27. The quantitative estimate of drug-likeness (QED) is 0.354. The highest BCUT2D eigenvalue weighted by Crippen LogP contribution is 2.24. The van der Waals surface area contributed by atoms with Gasteiger partial charge in [-0.3, -0.25) is 9.59 Å². The van der Waals surface area contributed by atoms with Gasteiger partial charge in [-0.2, -0.15) is 0 Å². The van der Waals surface area contributed by atoms with Gasteiger partial charge in [-0.15, -0.1) is 0 Å². The molecule has 1 fully saturated rings.